The highest BCUT2D eigenvalue weighted by molar-refractivity contribution is 7.98. The Morgan fingerprint density at radius 2 is 1.85 bits per heavy atom. The number of para-hydroxylation sites is 1. The summed E-state index contributed by atoms with van der Waals surface area (Å²) in [6.07, 6.45) is 2.00. The van der Waals surface area contributed by atoms with Crippen molar-refractivity contribution in [1.29, 1.82) is 0 Å². The van der Waals surface area contributed by atoms with Gasteiger partial charge in [0, 0.05) is 17.6 Å². The summed E-state index contributed by atoms with van der Waals surface area (Å²) in [5, 5.41) is 6.04. The molecule has 0 spiro atoms. The number of nitrogens with one attached hydrogen (secondary N) is 2. The predicted octanol–water partition coefficient (Wildman–Crippen LogP) is 4.01. The lowest BCUT2D eigenvalue weighted by atomic mass is 10.1. The minimum absolute atomic E-state index is 0.101. The van der Waals surface area contributed by atoms with Crippen LogP contribution in [0.4, 0.5) is 11.4 Å². The van der Waals surface area contributed by atoms with Crippen LogP contribution in [0.3, 0.4) is 0 Å². The molecule has 2 rings (SSSR count). The van der Waals surface area contributed by atoms with E-state index in [4.69, 9.17) is 0 Å². The molecule has 104 valence electrons. The minimum Gasteiger partial charge on any atom is -0.387 e. The average molecular weight is 286 g/mol. The van der Waals surface area contributed by atoms with Gasteiger partial charge in [0.2, 0.25) is 0 Å². The van der Waals surface area contributed by atoms with Gasteiger partial charge in [0.05, 0.1) is 11.3 Å². The van der Waals surface area contributed by atoms with Crippen LogP contribution in [0, 0.1) is 6.92 Å². The van der Waals surface area contributed by atoms with E-state index in [1.807, 2.05) is 62.7 Å². The summed E-state index contributed by atoms with van der Waals surface area (Å²) in [6, 6.07) is 13.5. The zero-order valence-corrected chi connectivity index (χ0v) is 12.7. The molecule has 0 saturated heterocycles. The number of hydrogen-bond donors (Lipinski definition) is 2. The summed E-state index contributed by atoms with van der Waals surface area (Å²) in [7, 11) is 1.82. The van der Waals surface area contributed by atoms with Crippen LogP contribution in [0.5, 0.6) is 0 Å². The molecular formula is C16H18N2OS. The van der Waals surface area contributed by atoms with Gasteiger partial charge < -0.3 is 10.6 Å². The molecule has 20 heavy (non-hydrogen) atoms. The monoisotopic (exact) mass is 286 g/mol. The van der Waals surface area contributed by atoms with Crippen LogP contribution in [-0.4, -0.2) is 19.2 Å². The van der Waals surface area contributed by atoms with Gasteiger partial charge >= 0.3 is 0 Å². The first-order valence-corrected chi connectivity index (χ1v) is 7.61. The second kappa shape index (κ2) is 6.48. The van der Waals surface area contributed by atoms with Gasteiger partial charge in [-0.15, -0.1) is 11.8 Å². The third-order valence-corrected chi connectivity index (χ3v) is 3.84. The van der Waals surface area contributed by atoms with Crippen molar-refractivity contribution < 1.29 is 4.79 Å². The molecule has 2 N–H and O–H groups in total. The standard InChI is InChI=1S/C16H18N2OS/c1-11-8-9-12(14(10-11)17-2)16(19)18-13-6-4-5-7-15(13)20-3/h4-10,17H,1-3H3,(H,18,19). The van der Waals surface area contributed by atoms with E-state index in [1.54, 1.807) is 11.8 Å². The van der Waals surface area contributed by atoms with Crippen molar-refractivity contribution >= 4 is 29.0 Å². The molecule has 0 aliphatic rings. The summed E-state index contributed by atoms with van der Waals surface area (Å²) in [5.41, 5.74) is 3.45. The zero-order valence-electron chi connectivity index (χ0n) is 11.9. The minimum atomic E-state index is -0.101. The van der Waals surface area contributed by atoms with Crippen LogP contribution in [-0.2, 0) is 0 Å². The summed E-state index contributed by atoms with van der Waals surface area (Å²) in [6.45, 7) is 2.01. The van der Waals surface area contributed by atoms with Crippen LogP contribution in [0.2, 0.25) is 0 Å². The summed E-state index contributed by atoms with van der Waals surface area (Å²) < 4.78 is 0. The Labute approximate surface area is 123 Å². The largest absolute Gasteiger partial charge is 0.387 e. The number of rotatable bonds is 4. The Bertz CT molecular complexity index is 626. The fourth-order valence-corrected chi connectivity index (χ4v) is 2.55. The normalized spacial score (nSPS) is 10.2. The van der Waals surface area contributed by atoms with Crippen molar-refractivity contribution in [3.8, 4) is 0 Å². The third-order valence-electron chi connectivity index (χ3n) is 3.04. The molecule has 3 nitrogen and oxygen atoms in total. The lowest BCUT2D eigenvalue weighted by molar-refractivity contribution is 0.102. The smallest absolute Gasteiger partial charge is 0.257 e. The van der Waals surface area contributed by atoms with E-state index in [-0.39, 0.29) is 5.91 Å². The van der Waals surface area contributed by atoms with Crippen LogP contribution in [0.1, 0.15) is 15.9 Å². The van der Waals surface area contributed by atoms with Gasteiger partial charge in [-0.05, 0) is 43.0 Å². The van der Waals surface area contributed by atoms with Gasteiger partial charge in [0.1, 0.15) is 0 Å². The molecule has 0 bridgehead atoms. The summed E-state index contributed by atoms with van der Waals surface area (Å²) >= 11 is 1.61. The molecule has 0 saturated carbocycles. The number of benzene rings is 2. The molecule has 2 aromatic rings. The molecule has 4 heteroatoms. The molecule has 0 unspecified atom stereocenters. The van der Waals surface area contributed by atoms with E-state index in [2.05, 4.69) is 10.6 Å². The van der Waals surface area contributed by atoms with Crippen molar-refractivity contribution in [2.24, 2.45) is 0 Å². The topological polar surface area (TPSA) is 41.1 Å². The first kappa shape index (κ1) is 14.5. The molecule has 1 amide bonds. The van der Waals surface area contributed by atoms with Gasteiger partial charge in [-0.3, -0.25) is 4.79 Å². The molecule has 0 aromatic heterocycles. The van der Waals surface area contributed by atoms with Gasteiger partial charge in [0.25, 0.3) is 5.91 Å². The average Bonchev–Trinajstić information content (AvgIpc) is 2.47. The quantitative estimate of drug-likeness (QED) is 0.834. The van der Waals surface area contributed by atoms with E-state index < -0.39 is 0 Å². The Kier molecular flexibility index (Phi) is 4.69. The van der Waals surface area contributed by atoms with Crippen LogP contribution in [0.15, 0.2) is 47.4 Å². The van der Waals surface area contributed by atoms with Crippen molar-refractivity contribution in [1.82, 2.24) is 0 Å². The number of amides is 1. The van der Waals surface area contributed by atoms with E-state index in [0.29, 0.717) is 5.56 Å². The Balaban J connectivity index is 2.28. The van der Waals surface area contributed by atoms with Crippen molar-refractivity contribution in [3.05, 3.63) is 53.6 Å². The summed E-state index contributed by atoms with van der Waals surface area (Å²) in [4.78, 5) is 13.5. The van der Waals surface area contributed by atoms with E-state index >= 15 is 0 Å². The Morgan fingerprint density at radius 1 is 1.10 bits per heavy atom. The third kappa shape index (κ3) is 3.14. The fourth-order valence-electron chi connectivity index (χ4n) is 2.00. The molecule has 2 aromatic carbocycles. The highest BCUT2D eigenvalue weighted by Gasteiger charge is 2.12. The fraction of sp³-hybridized carbons (Fsp3) is 0.188. The maximum atomic E-state index is 12.4. The van der Waals surface area contributed by atoms with Crippen LogP contribution >= 0.6 is 11.8 Å². The van der Waals surface area contributed by atoms with Gasteiger partial charge in [0.15, 0.2) is 0 Å². The number of thioether (sulfide) groups is 1. The van der Waals surface area contributed by atoms with E-state index in [0.717, 1.165) is 21.8 Å². The second-order valence-corrected chi connectivity index (χ2v) is 5.30. The Morgan fingerprint density at radius 3 is 2.55 bits per heavy atom. The SMILES string of the molecule is CNc1cc(C)ccc1C(=O)Nc1ccccc1SC. The predicted molar refractivity (Wildman–Crippen MR) is 86.9 cm³/mol. The molecule has 0 fully saturated rings. The number of carbonyl (C=O) groups is 1. The lowest BCUT2D eigenvalue weighted by Gasteiger charge is -2.12. The maximum absolute atomic E-state index is 12.4. The molecule has 0 heterocycles. The van der Waals surface area contributed by atoms with Gasteiger partial charge in [-0.25, -0.2) is 0 Å². The number of anilines is 2. The van der Waals surface area contributed by atoms with Crippen molar-refractivity contribution in [2.75, 3.05) is 23.9 Å². The van der Waals surface area contributed by atoms with Crippen LogP contribution < -0.4 is 10.6 Å². The molecule has 0 radical (unpaired) electrons. The molecular weight excluding hydrogens is 268 g/mol. The molecule has 0 aliphatic carbocycles. The van der Waals surface area contributed by atoms with E-state index in [1.165, 1.54) is 0 Å². The first-order valence-electron chi connectivity index (χ1n) is 6.38. The highest BCUT2D eigenvalue weighted by Crippen LogP contribution is 2.26. The molecule has 0 aliphatic heterocycles. The van der Waals surface area contributed by atoms with Crippen LogP contribution in [0.25, 0.3) is 0 Å². The number of aryl methyl sites for hydroxylation is 1. The Hall–Kier alpha value is -1.94. The number of carbonyl (C=O) groups excluding carboxylic acids is 1. The summed E-state index contributed by atoms with van der Waals surface area (Å²) in [5.74, 6) is -0.101. The molecule has 0 atom stereocenters. The first-order chi connectivity index (χ1) is 9.65. The van der Waals surface area contributed by atoms with Crippen molar-refractivity contribution in [3.63, 3.8) is 0 Å². The highest BCUT2D eigenvalue weighted by atomic mass is 32.2. The zero-order chi connectivity index (χ0) is 14.5. The van der Waals surface area contributed by atoms with Gasteiger partial charge in [-0.1, -0.05) is 18.2 Å². The number of hydrogen-bond acceptors (Lipinski definition) is 3. The van der Waals surface area contributed by atoms with E-state index in [9.17, 15) is 4.79 Å². The second-order valence-electron chi connectivity index (χ2n) is 4.45. The van der Waals surface area contributed by atoms with Gasteiger partial charge in [-0.2, -0.15) is 0 Å². The maximum Gasteiger partial charge on any atom is 0.257 e. The lowest BCUT2D eigenvalue weighted by Crippen LogP contribution is -2.14. The van der Waals surface area contributed by atoms with Crippen molar-refractivity contribution in [2.45, 2.75) is 11.8 Å².